The predicted molar refractivity (Wildman–Crippen MR) is 47.9 cm³/mol. The Labute approximate surface area is 73.7 Å². The first-order valence-corrected chi connectivity index (χ1v) is 4.95. The first-order valence-electron chi connectivity index (χ1n) is 4.95. The van der Waals surface area contributed by atoms with Gasteiger partial charge in [-0.05, 0) is 37.8 Å². The minimum Gasteiger partial charge on any atom is -0.317 e. The molecular weight excluding hydrogens is 150 g/mol. The molecule has 1 heterocycles. The van der Waals surface area contributed by atoms with Crippen LogP contribution < -0.4 is 5.32 Å². The van der Waals surface area contributed by atoms with E-state index in [9.17, 15) is 4.79 Å². The summed E-state index contributed by atoms with van der Waals surface area (Å²) < 4.78 is 0. The van der Waals surface area contributed by atoms with Crippen molar-refractivity contribution in [2.45, 2.75) is 32.6 Å². The monoisotopic (exact) mass is 167 g/mol. The van der Waals surface area contributed by atoms with Gasteiger partial charge in [-0.1, -0.05) is 6.92 Å². The van der Waals surface area contributed by atoms with Crippen molar-refractivity contribution in [1.82, 2.24) is 5.32 Å². The summed E-state index contributed by atoms with van der Waals surface area (Å²) >= 11 is 0. The van der Waals surface area contributed by atoms with Crippen LogP contribution in [0, 0.1) is 11.3 Å². The third kappa shape index (κ3) is 1.28. The Hall–Kier alpha value is -0.370. The van der Waals surface area contributed by atoms with Gasteiger partial charge < -0.3 is 5.32 Å². The molecule has 2 rings (SSSR count). The molecule has 0 aromatic rings. The standard InChI is InChI=1S/C10H17NO/c1-8-6-10(7-9(8)12)2-4-11-5-3-10/h8,11H,2-7H2,1H3. The van der Waals surface area contributed by atoms with Crippen LogP contribution in [-0.4, -0.2) is 18.9 Å². The van der Waals surface area contributed by atoms with Crippen molar-refractivity contribution >= 4 is 5.78 Å². The van der Waals surface area contributed by atoms with E-state index in [1.807, 2.05) is 0 Å². The fraction of sp³-hybridized carbons (Fsp3) is 0.900. The molecule has 0 amide bonds. The molecule has 2 fully saturated rings. The highest BCUT2D eigenvalue weighted by atomic mass is 16.1. The van der Waals surface area contributed by atoms with Gasteiger partial charge in [-0.15, -0.1) is 0 Å². The second kappa shape index (κ2) is 2.84. The third-order valence-electron chi connectivity index (χ3n) is 3.50. The van der Waals surface area contributed by atoms with Gasteiger partial charge in [0, 0.05) is 12.3 Å². The van der Waals surface area contributed by atoms with Crippen LogP contribution in [0.5, 0.6) is 0 Å². The Morgan fingerprint density at radius 3 is 2.58 bits per heavy atom. The largest absolute Gasteiger partial charge is 0.317 e. The van der Waals surface area contributed by atoms with Gasteiger partial charge in [-0.2, -0.15) is 0 Å². The molecule has 68 valence electrons. The molecule has 0 aromatic heterocycles. The van der Waals surface area contributed by atoms with Crippen LogP contribution in [0.25, 0.3) is 0 Å². The first kappa shape index (κ1) is 8.24. The second-order valence-corrected chi connectivity index (χ2v) is 4.50. The zero-order valence-corrected chi connectivity index (χ0v) is 7.73. The van der Waals surface area contributed by atoms with E-state index < -0.39 is 0 Å². The van der Waals surface area contributed by atoms with Gasteiger partial charge in [0.25, 0.3) is 0 Å². The molecule has 1 unspecified atom stereocenters. The zero-order chi connectivity index (χ0) is 8.60. The lowest BCUT2D eigenvalue weighted by Crippen LogP contribution is -2.35. The van der Waals surface area contributed by atoms with E-state index in [0.717, 1.165) is 25.9 Å². The van der Waals surface area contributed by atoms with Gasteiger partial charge >= 0.3 is 0 Å². The lowest BCUT2D eigenvalue weighted by Gasteiger charge is -2.33. The molecule has 1 aliphatic heterocycles. The Morgan fingerprint density at radius 1 is 1.42 bits per heavy atom. The highest BCUT2D eigenvalue weighted by Crippen LogP contribution is 2.45. The molecule has 12 heavy (non-hydrogen) atoms. The van der Waals surface area contributed by atoms with Crippen molar-refractivity contribution in [2.24, 2.45) is 11.3 Å². The molecule has 0 aromatic carbocycles. The van der Waals surface area contributed by atoms with Gasteiger partial charge in [0.2, 0.25) is 0 Å². The van der Waals surface area contributed by atoms with E-state index in [0.29, 0.717) is 17.1 Å². The van der Waals surface area contributed by atoms with E-state index >= 15 is 0 Å². The van der Waals surface area contributed by atoms with E-state index in [4.69, 9.17) is 0 Å². The molecule has 1 saturated heterocycles. The zero-order valence-electron chi connectivity index (χ0n) is 7.73. The summed E-state index contributed by atoms with van der Waals surface area (Å²) in [5, 5.41) is 3.35. The molecule has 1 aliphatic carbocycles. The number of carbonyl (C=O) groups excluding carboxylic acids is 1. The summed E-state index contributed by atoms with van der Waals surface area (Å²) in [4.78, 5) is 11.4. The molecular formula is C10H17NO. The van der Waals surface area contributed by atoms with Crippen LogP contribution in [0.1, 0.15) is 32.6 Å². The molecule has 1 spiro atoms. The van der Waals surface area contributed by atoms with Gasteiger partial charge in [-0.25, -0.2) is 0 Å². The summed E-state index contributed by atoms with van der Waals surface area (Å²) in [5.74, 6) is 0.833. The average Bonchev–Trinajstić information content (AvgIpc) is 2.29. The number of piperidine rings is 1. The molecule has 2 aliphatic rings. The molecule has 1 N–H and O–H groups in total. The minimum atomic E-state index is 0.336. The fourth-order valence-electron chi connectivity index (χ4n) is 2.72. The van der Waals surface area contributed by atoms with Gasteiger partial charge in [0.1, 0.15) is 5.78 Å². The predicted octanol–water partition coefficient (Wildman–Crippen LogP) is 1.36. The van der Waals surface area contributed by atoms with Crippen LogP contribution in [0.4, 0.5) is 0 Å². The number of Topliss-reactive ketones (excluding diaryl/α,β-unsaturated/α-hetero) is 1. The summed E-state index contributed by atoms with van der Waals surface area (Å²) in [6, 6.07) is 0. The van der Waals surface area contributed by atoms with E-state index in [2.05, 4.69) is 12.2 Å². The molecule has 0 radical (unpaired) electrons. The number of carbonyl (C=O) groups is 1. The normalized spacial score (nSPS) is 34.4. The van der Waals surface area contributed by atoms with Crippen LogP contribution in [0.2, 0.25) is 0 Å². The third-order valence-corrected chi connectivity index (χ3v) is 3.50. The minimum absolute atomic E-state index is 0.336. The molecule has 0 bridgehead atoms. The van der Waals surface area contributed by atoms with Crippen molar-refractivity contribution in [2.75, 3.05) is 13.1 Å². The maximum atomic E-state index is 11.4. The highest BCUT2D eigenvalue weighted by molar-refractivity contribution is 5.83. The van der Waals surface area contributed by atoms with Crippen molar-refractivity contribution in [1.29, 1.82) is 0 Å². The van der Waals surface area contributed by atoms with Crippen molar-refractivity contribution < 1.29 is 4.79 Å². The SMILES string of the molecule is CC1CC2(CCNCC2)CC1=O. The summed E-state index contributed by atoms with van der Waals surface area (Å²) in [7, 11) is 0. The first-order chi connectivity index (χ1) is 5.72. The molecule has 2 heteroatoms. The quantitative estimate of drug-likeness (QED) is 0.590. The Morgan fingerprint density at radius 2 is 2.08 bits per heavy atom. The molecule has 1 saturated carbocycles. The maximum Gasteiger partial charge on any atom is 0.136 e. The van der Waals surface area contributed by atoms with Crippen molar-refractivity contribution in [3.63, 3.8) is 0 Å². The Balaban J connectivity index is 2.07. The number of rotatable bonds is 0. The van der Waals surface area contributed by atoms with E-state index in [1.165, 1.54) is 12.8 Å². The van der Waals surface area contributed by atoms with Gasteiger partial charge in [0.15, 0.2) is 0 Å². The topological polar surface area (TPSA) is 29.1 Å². The lowest BCUT2D eigenvalue weighted by molar-refractivity contribution is -0.120. The van der Waals surface area contributed by atoms with Gasteiger partial charge in [0.05, 0.1) is 0 Å². The van der Waals surface area contributed by atoms with Crippen molar-refractivity contribution in [3.05, 3.63) is 0 Å². The van der Waals surface area contributed by atoms with Crippen LogP contribution in [0.3, 0.4) is 0 Å². The number of nitrogens with one attached hydrogen (secondary N) is 1. The highest BCUT2D eigenvalue weighted by Gasteiger charge is 2.42. The summed E-state index contributed by atoms with van der Waals surface area (Å²) in [6.07, 6.45) is 4.43. The lowest BCUT2D eigenvalue weighted by atomic mass is 9.77. The average molecular weight is 167 g/mol. The second-order valence-electron chi connectivity index (χ2n) is 4.50. The Bertz CT molecular complexity index is 194. The van der Waals surface area contributed by atoms with E-state index in [-0.39, 0.29) is 0 Å². The number of ketones is 1. The van der Waals surface area contributed by atoms with Crippen LogP contribution in [-0.2, 0) is 4.79 Å². The number of hydrogen-bond acceptors (Lipinski definition) is 2. The number of hydrogen-bond donors (Lipinski definition) is 1. The van der Waals surface area contributed by atoms with Crippen molar-refractivity contribution in [3.8, 4) is 0 Å². The Kier molecular flexibility index (Phi) is 1.95. The van der Waals surface area contributed by atoms with Crippen LogP contribution >= 0.6 is 0 Å². The molecule has 2 nitrogen and oxygen atoms in total. The molecule has 1 atom stereocenters. The van der Waals surface area contributed by atoms with Crippen LogP contribution in [0.15, 0.2) is 0 Å². The summed E-state index contributed by atoms with van der Waals surface area (Å²) in [6.45, 7) is 4.30. The smallest absolute Gasteiger partial charge is 0.136 e. The van der Waals surface area contributed by atoms with E-state index in [1.54, 1.807) is 0 Å². The maximum absolute atomic E-state index is 11.4. The van der Waals surface area contributed by atoms with Gasteiger partial charge in [-0.3, -0.25) is 4.79 Å². The fourth-order valence-corrected chi connectivity index (χ4v) is 2.72. The summed E-state index contributed by atoms with van der Waals surface area (Å²) in [5.41, 5.74) is 0.405.